The van der Waals surface area contributed by atoms with Crippen LogP contribution in [-0.2, 0) is 17.9 Å². The second-order valence-electron chi connectivity index (χ2n) is 4.80. The molecular formula is C16H25ClN2O. The van der Waals surface area contributed by atoms with Gasteiger partial charge in [-0.15, -0.1) is 11.6 Å². The summed E-state index contributed by atoms with van der Waals surface area (Å²) >= 11 is 5.59. The molecule has 1 aromatic rings. The Morgan fingerprint density at radius 2 is 1.85 bits per heavy atom. The van der Waals surface area contributed by atoms with Gasteiger partial charge in [-0.3, -0.25) is 9.69 Å². The van der Waals surface area contributed by atoms with E-state index in [0.29, 0.717) is 18.8 Å². The van der Waals surface area contributed by atoms with Gasteiger partial charge >= 0.3 is 0 Å². The highest BCUT2D eigenvalue weighted by Crippen LogP contribution is 2.11. The minimum Gasteiger partial charge on any atom is -0.352 e. The molecule has 0 aliphatic rings. The van der Waals surface area contributed by atoms with E-state index >= 15 is 0 Å². The Labute approximate surface area is 127 Å². The average molecular weight is 297 g/mol. The number of nitrogens with zero attached hydrogens (tertiary/aromatic N) is 1. The van der Waals surface area contributed by atoms with Crippen molar-refractivity contribution in [3.05, 3.63) is 35.4 Å². The molecule has 1 amide bonds. The third-order valence-electron chi connectivity index (χ3n) is 3.42. The Bertz CT molecular complexity index is 405. The lowest BCUT2D eigenvalue weighted by molar-refractivity contribution is -0.121. The first-order valence-electron chi connectivity index (χ1n) is 7.33. The smallest absolute Gasteiger partial charge is 0.220 e. The molecule has 0 bridgehead atoms. The molecule has 4 heteroatoms. The van der Waals surface area contributed by atoms with E-state index < -0.39 is 0 Å². The van der Waals surface area contributed by atoms with Crippen LogP contribution in [0.15, 0.2) is 24.3 Å². The van der Waals surface area contributed by atoms with Gasteiger partial charge < -0.3 is 5.32 Å². The van der Waals surface area contributed by atoms with Crippen molar-refractivity contribution in [3.8, 4) is 0 Å². The van der Waals surface area contributed by atoms with Gasteiger partial charge in [-0.25, -0.2) is 0 Å². The van der Waals surface area contributed by atoms with Crippen molar-refractivity contribution in [2.24, 2.45) is 0 Å². The molecule has 1 rings (SSSR count). The monoisotopic (exact) mass is 296 g/mol. The van der Waals surface area contributed by atoms with Crippen molar-refractivity contribution in [2.45, 2.75) is 39.8 Å². The summed E-state index contributed by atoms with van der Waals surface area (Å²) in [4.78, 5) is 14.0. The molecule has 0 radical (unpaired) electrons. The number of hydrogen-bond acceptors (Lipinski definition) is 2. The highest BCUT2D eigenvalue weighted by Gasteiger charge is 2.07. The van der Waals surface area contributed by atoms with E-state index in [1.54, 1.807) is 0 Å². The summed E-state index contributed by atoms with van der Waals surface area (Å²) in [6, 6.07) is 8.29. The summed E-state index contributed by atoms with van der Waals surface area (Å²) in [7, 11) is 0. The molecule has 0 aliphatic heterocycles. The Hall–Kier alpha value is -1.06. The number of nitrogens with one attached hydrogen (secondary N) is 1. The third-order valence-corrected chi connectivity index (χ3v) is 3.69. The fraction of sp³-hybridized carbons (Fsp3) is 0.562. The van der Waals surface area contributed by atoms with Crippen LogP contribution in [0.5, 0.6) is 0 Å². The van der Waals surface area contributed by atoms with Crippen LogP contribution in [0.4, 0.5) is 0 Å². The first-order valence-corrected chi connectivity index (χ1v) is 7.86. The standard InChI is InChI=1S/C16H25ClN2O/c1-3-19(4-2)13-15-9-6-5-8-14(15)12-18-16(20)10-7-11-17/h5-6,8-9H,3-4,7,10-13H2,1-2H3,(H,18,20). The summed E-state index contributed by atoms with van der Waals surface area (Å²) in [6.45, 7) is 7.93. The van der Waals surface area contributed by atoms with Gasteiger partial charge in [0.05, 0.1) is 0 Å². The zero-order chi connectivity index (χ0) is 14.8. The van der Waals surface area contributed by atoms with Gasteiger partial charge in [-0.2, -0.15) is 0 Å². The summed E-state index contributed by atoms with van der Waals surface area (Å²) in [5.41, 5.74) is 2.48. The normalized spacial score (nSPS) is 10.8. The van der Waals surface area contributed by atoms with Crippen molar-refractivity contribution in [1.82, 2.24) is 10.2 Å². The Morgan fingerprint density at radius 1 is 1.20 bits per heavy atom. The summed E-state index contributed by atoms with van der Waals surface area (Å²) in [5.74, 6) is 0.606. The zero-order valence-corrected chi connectivity index (χ0v) is 13.2. The van der Waals surface area contributed by atoms with Crippen molar-refractivity contribution in [3.63, 3.8) is 0 Å². The number of alkyl halides is 1. The SMILES string of the molecule is CCN(CC)Cc1ccccc1CNC(=O)CCCCl. The van der Waals surface area contributed by atoms with E-state index in [-0.39, 0.29) is 5.91 Å². The molecule has 3 nitrogen and oxygen atoms in total. The number of halogens is 1. The van der Waals surface area contributed by atoms with Crippen LogP contribution < -0.4 is 5.32 Å². The van der Waals surface area contributed by atoms with E-state index in [1.165, 1.54) is 11.1 Å². The van der Waals surface area contributed by atoms with Crippen LogP contribution >= 0.6 is 11.6 Å². The van der Waals surface area contributed by atoms with Gasteiger partial charge in [0.15, 0.2) is 0 Å². The lowest BCUT2D eigenvalue weighted by Crippen LogP contribution is -2.26. The van der Waals surface area contributed by atoms with Gasteiger partial charge in [0.25, 0.3) is 0 Å². The number of rotatable bonds is 9. The van der Waals surface area contributed by atoms with Gasteiger partial charge in [-0.1, -0.05) is 38.1 Å². The van der Waals surface area contributed by atoms with Crippen molar-refractivity contribution in [1.29, 1.82) is 0 Å². The molecule has 0 spiro atoms. The van der Waals surface area contributed by atoms with E-state index in [4.69, 9.17) is 11.6 Å². The van der Waals surface area contributed by atoms with Gasteiger partial charge in [0.1, 0.15) is 0 Å². The number of carbonyl (C=O) groups is 1. The first-order chi connectivity index (χ1) is 9.71. The quantitative estimate of drug-likeness (QED) is 0.710. The zero-order valence-electron chi connectivity index (χ0n) is 12.5. The lowest BCUT2D eigenvalue weighted by atomic mass is 10.1. The number of amides is 1. The molecule has 1 N–H and O–H groups in total. The molecule has 0 aliphatic carbocycles. The summed E-state index contributed by atoms with van der Waals surface area (Å²) in [5, 5.41) is 2.97. The number of benzene rings is 1. The highest BCUT2D eigenvalue weighted by atomic mass is 35.5. The summed E-state index contributed by atoms with van der Waals surface area (Å²) in [6.07, 6.45) is 1.23. The molecule has 0 fully saturated rings. The van der Waals surface area contributed by atoms with Crippen LogP contribution in [0.2, 0.25) is 0 Å². The Morgan fingerprint density at radius 3 is 2.45 bits per heavy atom. The van der Waals surface area contributed by atoms with E-state index in [0.717, 1.165) is 26.1 Å². The summed E-state index contributed by atoms with van der Waals surface area (Å²) < 4.78 is 0. The Balaban J connectivity index is 2.59. The molecule has 0 saturated heterocycles. The molecule has 0 aromatic heterocycles. The van der Waals surface area contributed by atoms with Gasteiger partial charge in [0, 0.05) is 25.4 Å². The predicted molar refractivity (Wildman–Crippen MR) is 84.9 cm³/mol. The largest absolute Gasteiger partial charge is 0.352 e. The second kappa shape index (κ2) is 9.78. The maximum atomic E-state index is 11.6. The maximum absolute atomic E-state index is 11.6. The van der Waals surface area contributed by atoms with E-state index in [1.807, 2.05) is 6.07 Å². The molecule has 0 unspecified atom stereocenters. The molecular weight excluding hydrogens is 272 g/mol. The van der Waals surface area contributed by atoms with E-state index in [2.05, 4.69) is 42.3 Å². The van der Waals surface area contributed by atoms with Crippen LogP contribution in [-0.4, -0.2) is 29.8 Å². The highest BCUT2D eigenvalue weighted by molar-refractivity contribution is 6.17. The van der Waals surface area contributed by atoms with Crippen LogP contribution in [0, 0.1) is 0 Å². The molecule has 0 atom stereocenters. The third kappa shape index (κ3) is 5.93. The fourth-order valence-corrected chi connectivity index (χ4v) is 2.22. The van der Waals surface area contributed by atoms with Crippen LogP contribution in [0.3, 0.4) is 0 Å². The topological polar surface area (TPSA) is 32.3 Å². The number of carbonyl (C=O) groups excluding carboxylic acids is 1. The van der Waals surface area contributed by atoms with Gasteiger partial charge in [-0.05, 0) is 30.6 Å². The molecule has 0 saturated carbocycles. The van der Waals surface area contributed by atoms with Crippen molar-refractivity contribution in [2.75, 3.05) is 19.0 Å². The minimum absolute atomic E-state index is 0.0725. The fourth-order valence-electron chi connectivity index (χ4n) is 2.08. The van der Waals surface area contributed by atoms with Crippen LogP contribution in [0.1, 0.15) is 37.8 Å². The van der Waals surface area contributed by atoms with E-state index in [9.17, 15) is 4.79 Å². The second-order valence-corrected chi connectivity index (χ2v) is 5.18. The maximum Gasteiger partial charge on any atom is 0.220 e. The van der Waals surface area contributed by atoms with Crippen LogP contribution in [0.25, 0.3) is 0 Å². The molecule has 112 valence electrons. The molecule has 1 aromatic carbocycles. The Kier molecular flexibility index (Phi) is 8.31. The predicted octanol–water partition coefficient (Wildman–Crippen LogP) is 3.16. The van der Waals surface area contributed by atoms with Crippen molar-refractivity contribution < 1.29 is 4.79 Å². The molecule has 20 heavy (non-hydrogen) atoms. The number of hydrogen-bond donors (Lipinski definition) is 1. The minimum atomic E-state index is 0.0725. The first kappa shape index (κ1) is 17.0. The molecule has 0 heterocycles. The van der Waals surface area contributed by atoms with Gasteiger partial charge in [0.2, 0.25) is 5.91 Å². The lowest BCUT2D eigenvalue weighted by Gasteiger charge is -2.20. The average Bonchev–Trinajstić information content (AvgIpc) is 2.49. The van der Waals surface area contributed by atoms with Crippen molar-refractivity contribution >= 4 is 17.5 Å².